The molecule has 1 N–H and O–H groups in total. The lowest BCUT2D eigenvalue weighted by Crippen LogP contribution is -2.35. The van der Waals surface area contributed by atoms with Crippen molar-refractivity contribution in [1.29, 1.82) is 0 Å². The van der Waals surface area contributed by atoms with Crippen LogP contribution in [0.25, 0.3) is 0 Å². The molecule has 2 fully saturated rings. The highest BCUT2D eigenvalue weighted by Crippen LogP contribution is 2.23. The average Bonchev–Trinajstić information content (AvgIpc) is 2.88. The molecule has 2 aromatic rings. The van der Waals surface area contributed by atoms with Gasteiger partial charge in [-0.2, -0.15) is 4.31 Å². The van der Waals surface area contributed by atoms with Gasteiger partial charge in [-0.15, -0.1) is 0 Å². The predicted octanol–water partition coefficient (Wildman–Crippen LogP) is 3.90. The molecule has 2 heterocycles. The predicted molar refractivity (Wildman–Crippen MR) is 137 cm³/mol. The Kier molecular flexibility index (Phi) is 8.81. The largest absolute Gasteiger partial charge is 0.492 e. The molecule has 0 spiro atoms. The van der Waals surface area contributed by atoms with Crippen molar-refractivity contribution in [3.05, 3.63) is 59.7 Å². The molecule has 0 radical (unpaired) electrons. The number of rotatable bonds is 9. The summed E-state index contributed by atoms with van der Waals surface area (Å²) in [4.78, 5) is 15.2. The van der Waals surface area contributed by atoms with E-state index in [1.165, 1.54) is 18.4 Å². The molecule has 2 aliphatic rings. The summed E-state index contributed by atoms with van der Waals surface area (Å²) in [6.07, 6.45) is 5.47. The second-order valence-corrected chi connectivity index (χ2v) is 11.7. The van der Waals surface area contributed by atoms with E-state index in [9.17, 15) is 13.2 Å². The van der Waals surface area contributed by atoms with Crippen molar-refractivity contribution < 1.29 is 17.9 Å². The zero-order chi connectivity index (χ0) is 24.7. The van der Waals surface area contributed by atoms with Gasteiger partial charge in [-0.25, -0.2) is 8.42 Å². The molecule has 0 aliphatic carbocycles. The second-order valence-electron chi connectivity index (χ2n) is 9.72. The van der Waals surface area contributed by atoms with Gasteiger partial charge in [0.1, 0.15) is 12.4 Å². The van der Waals surface area contributed by atoms with Crippen LogP contribution in [0.1, 0.15) is 54.9 Å². The molecule has 4 rings (SSSR count). The molecule has 2 aliphatic heterocycles. The Morgan fingerprint density at radius 2 is 1.69 bits per heavy atom. The van der Waals surface area contributed by atoms with Crippen molar-refractivity contribution in [3.63, 3.8) is 0 Å². The first-order valence-electron chi connectivity index (χ1n) is 12.7. The van der Waals surface area contributed by atoms with Crippen molar-refractivity contribution in [2.24, 2.45) is 5.92 Å². The first kappa shape index (κ1) is 25.7. The highest BCUT2D eigenvalue weighted by atomic mass is 32.2. The molecule has 190 valence electrons. The monoisotopic (exact) mass is 499 g/mol. The van der Waals surface area contributed by atoms with Gasteiger partial charge in [0, 0.05) is 31.7 Å². The number of amides is 1. The van der Waals surface area contributed by atoms with Gasteiger partial charge in [-0.3, -0.25) is 9.69 Å². The maximum Gasteiger partial charge on any atom is 0.251 e. The molecule has 8 heteroatoms. The van der Waals surface area contributed by atoms with Crippen LogP contribution in [0, 0.1) is 5.92 Å². The van der Waals surface area contributed by atoms with Gasteiger partial charge in [-0.05, 0) is 80.1 Å². The van der Waals surface area contributed by atoms with E-state index >= 15 is 0 Å². The van der Waals surface area contributed by atoms with E-state index in [-0.39, 0.29) is 5.91 Å². The van der Waals surface area contributed by atoms with E-state index in [0.717, 1.165) is 44.8 Å². The Labute approximate surface area is 209 Å². The van der Waals surface area contributed by atoms with Crippen LogP contribution in [0.4, 0.5) is 0 Å². The fraction of sp³-hybridized carbons (Fsp3) is 0.519. The van der Waals surface area contributed by atoms with Crippen LogP contribution in [0.5, 0.6) is 5.75 Å². The number of benzene rings is 2. The normalized spacial score (nSPS) is 19.9. The number of nitrogens with zero attached hydrogens (tertiary/aromatic N) is 2. The number of nitrogens with one attached hydrogen (secondary N) is 1. The van der Waals surface area contributed by atoms with Gasteiger partial charge in [0.2, 0.25) is 10.0 Å². The maximum atomic E-state index is 12.7. The Hall–Kier alpha value is -2.42. The van der Waals surface area contributed by atoms with E-state index < -0.39 is 10.0 Å². The summed E-state index contributed by atoms with van der Waals surface area (Å²) in [5.74, 6) is 1.20. The standard InChI is InChI=1S/C27H37N3O4S/c1-22-6-5-16-29(20-22)21-23-7-9-24(10-8-23)27(31)28-15-19-34-25-11-13-26(14-12-25)35(32,33)30-17-3-2-4-18-30/h7-14,22H,2-6,15-21H2,1H3,(H,28,31). The van der Waals surface area contributed by atoms with Gasteiger partial charge < -0.3 is 10.1 Å². The van der Waals surface area contributed by atoms with Crippen LogP contribution in [-0.4, -0.2) is 62.9 Å². The van der Waals surface area contributed by atoms with E-state index in [1.54, 1.807) is 28.6 Å². The third kappa shape index (κ3) is 7.06. The van der Waals surface area contributed by atoms with Gasteiger partial charge in [0.05, 0.1) is 11.4 Å². The second kappa shape index (κ2) is 12.0. The van der Waals surface area contributed by atoms with E-state index in [1.807, 2.05) is 24.3 Å². The summed E-state index contributed by atoms with van der Waals surface area (Å²) in [5.41, 5.74) is 1.86. The summed E-state index contributed by atoms with van der Waals surface area (Å²) in [7, 11) is -3.44. The Morgan fingerprint density at radius 3 is 2.37 bits per heavy atom. The van der Waals surface area contributed by atoms with Gasteiger partial charge >= 0.3 is 0 Å². The lowest BCUT2D eigenvalue weighted by molar-refractivity contribution is 0.0947. The third-order valence-corrected chi connectivity index (χ3v) is 8.71. The topological polar surface area (TPSA) is 79.0 Å². The smallest absolute Gasteiger partial charge is 0.251 e. The number of carbonyl (C=O) groups excluding carboxylic acids is 1. The van der Waals surface area contributed by atoms with Crippen molar-refractivity contribution in [3.8, 4) is 5.75 Å². The SMILES string of the molecule is CC1CCCN(Cc2ccc(C(=O)NCCOc3ccc(S(=O)(=O)N4CCCCC4)cc3)cc2)C1. The van der Waals surface area contributed by atoms with Crippen LogP contribution in [0.15, 0.2) is 53.4 Å². The average molecular weight is 500 g/mol. The zero-order valence-corrected chi connectivity index (χ0v) is 21.4. The molecule has 1 unspecified atom stereocenters. The molecule has 0 aromatic heterocycles. The van der Waals surface area contributed by atoms with Crippen LogP contribution >= 0.6 is 0 Å². The third-order valence-electron chi connectivity index (χ3n) is 6.80. The number of carbonyl (C=O) groups is 1. The van der Waals surface area contributed by atoms with Gasteiger partial charge in [0.15, 0.2) is 0 Å². The number of likely N-dealkylation sites (tertiary alicyclic amines) is 1. The van der Waals surface area contributed by atoms with Crippen LogP contribution < -0.4 is 10.1 Å². The highest BCUT2D eigenvalue weighted by Gasteiger charge is 2.25. The fourth-order valence-corrected chi connectivity index (χ4v) is 6.36. The summed E-state index contributed by atoms with van der Waals surface area (Å²) in [5, 5.41) is 2.88. The molecular weight excluding hydrogens is 462 g/mol. The number of hydrogen-bond donors (Lipinski definition) is 1. The minimum Gasteiger partial charge on any atom is -0.492 e. The number of hydrogen-bond acceptors (Lipinski definition) is 5. The van der Waals surface area contributed by atoms with Gasteiger partial charge in [0.25, 0.3) is 5.91 Å². The Morgan fingerprint density at radius 1 is 0.971 bits per heavy atom. The van der Waals surface area contributed by atoms with Crippen LogP contribution in [-0.2, 0) is 16.6 Å². The zero-order valence-electron chi connectivity index (χ0n) is 20.6. The van der Waals surface area contributed by atoms with E-state index in [2.05, 4.69) is 17.1 Å². The first-order chi connectivity index (χ1) is 16.9. The number of ether oxygens (including phenoxy) is 1. The number of sulfonamides is 1. The van der Waals surface area contributed by atoms with Crippen molar-refractivity contribution in [2.45, 2.75) is 50.5 Å². The van der Waals surface area contributed by atoms with Crippen LogP contribution in [0.3, 0.4) is 0 Å². The molecule has 35 heavy (non-hydrogen) atoms. The molecular formula is C27H37N3O4S. The van der Waals surface area contributed by atoms with E-state index in [4.69, 9.17) is 4.74 Å². The van der Waals surface area contributed by atoms with Crippen molar-refractivity contribution >= 4 is 15.9 Å². The summed E-state index contributed by atoms with van der Waals surface area (Å²) >= 11 is 0. The quantitative estimate of drug-likeness (QED) is 0.530. The lowest BCUT2D eigenvalue weighted by atomic mass is 9.99. The molecule has 1 atom stereocenters. The van der Waals surface area contributed by atoms with Crippen molar-refractivity contribution in [1.82, 2.24) is 14.5 Å². The van der Waals surface area contributed by atoms with E-state index in [0.29, 0.717) is 42.4 Å². The summed E-state index contributed by atoms with van der Waals surface area (Å²) in [6, 6.07) is 14.3. The summed E-state index contributed by atoms with van der Waals surface area (Å²) < 4.78 is 32.7. The van der Waals surface area contributed by atoms with Crippen molar-refractivity contribution in [2.75, 3.05) is 39.3 Å². The Balaban J connectivity index is 1.20. The highest BCUT2D eigenvalue weighted by molar-refractivity contribution is 7.89. The molecule has 2 aromatic carbocycles. The van der Waals surface area contributed by atoms with Gasteiger partial charge in [-0.1, -0.05) is 25.5 Å². The first-order valence-corrected chi connectivity index (χ1v) is 14.2. The maximum absolute atomic E-state index is 12.7. The Bertz CT molecular complexity index is 1060. The number of piperidine rings is 2. The molecule has 1 amide bonds. The lowest BCUT2D eigenvalue weighted by Gasteiger charge is -2.30. The molecule has 2 saturated heterocycles. The minimum atomic E-state index is -3.44. The summed E-state index contributed by atoms with van der Waals surface area (Å²) in [6.45, 7) is 7.34. The molecule has 0 saturated carbocycles. The molecule has 7 nitrogen and oxygen atoms in total. The fourth-order valence-electron chi connectivity index (χ4n) is 4.85. The minimum absolute atomic E-state index is 0.130. The molecule has 0 bridgehead atoms. The van der Waals surface area contributed by atoms with Crippen LogP contribution in [0.2, 0.25) is 0 Å².